The van der Waals surface area contributed by atoms with E-state index in [4.69, 9.17) is 10.5 Å². The Morgan fingerprint density at radius 2 is 1.79 bits per heavy atom. The van der Waals surface area contributed by atoms with Crippen LogP contribution >= 0.6 is 0 Å². The van der Waals surface area contributed by atoms with Gasteiger partial charge >= 0.3 is 12.1 Å². The zero-order valence-electron chi connectivity index (χ0n) is 17.5. The van der Waals surface area contributed by atoms with Crippen molar-refractivity contribution in [3.63, 3.8) is 0 Å². The standard InChI is InChI=1S/C25H21F3N2O3/c26-25(27,28)18-12-22(23(30-13-18)33-14-15-5-2-1-3-6-15)21-8-4-7-20(21)16-9-17(24(31)32)11-19(29)10-16/h1-3,5-6,9-13H,4,7-8,14,29H2,(H,31,32). The SMILES string of the molecule is Nc1cc(C(=O)O)cc(C2=C(c3cc(C(F)(F)F)cnc3OCc3ccccc3)CCC2)c1. The van der Waals surface area contributed by atoms with E-state index in [9.17, 15) is 23.1 Å². The smallest absolute Gasteiger partial charge is 0.417 e. The van der Waals surface area contributed by atoms with Gasteiger partial charge in [-0.1, -0.05) is 30.3 Å². The lowest BCUT2D eigenvalue weighted by atomic mass is 9.95. The summed E-state index contributed by atoms with van der Waals surface area (Å²) in [7, 11) is 0. The Balaban J connectivity index is 1.81. The molecule has 0 fully saturated rings. The summed E-state index contributed by atoms with van der Waals surface area (Å²) >= 11 is 0. The van der Waals surface area contributed by atoms with E-state index in [0.29, 0.717) is 30.4 Å². The van der Waals surface area contributed by atoms with Gasteiger partial charge < -0.3 is 15.6 Å². The number of ether oxygens (including phenoxy) is 1. The number of pyridine rings is 1. The number of rotatable bonds is 6. The van der Waals surface area contributed by atoms with Crippen LogP contribution in [0.4, 0.5) is 18.9 Å². The predicted molar refractivity (Wildman–Crippen MR) is 118 cm³/mol. The first-order valence-corrected chi connectivity index (χ1v) is 10.3. The molecule has 0 spiro atoms. The minimum atomic E-state index is -4.56. The lowest BCUT2D eigenvalue weighted by Crippen LogP contribution is -2.08. The van der Waals surface area contributed by atoms with Crippen LogP contribution in [0, 0.1) is 0 Å². The third-order valence-electron chi connectivity index (χ3n) is 5.49. The van der Waals surface area contributed by atoms with Crippen molar-refractivity contribution in [1.29, 1.82) is 0 Å². The molecule has 0 saturated heterocycles. The monoisotopic (exact) mass is 454 g/mol. The number of nitrogens with zero attached hydrogens (tertiary/aromatic N) is 1. The van der Waals surface area contributed by atoms with Crippen LogP contribution in [0.15, 0.2) is 60.8 Å². The number of nitrogens with two attached hydrogens (primary N) is 1. The lowest BCUT2D eigenvalue weighted by Gasteiger charge is -2.16. The minimum Gasteiger partial charge on any atom is -0.478 e. The van der Waals surface area contributed by atoms with Gasteiger partial charge in [0.15, 0.2) is 0 Å². The molecule has 4 rings (SSSR count). The van der Waals surface area contributed by atoms with Crippen LogP contribution in [0.5, 0.6) is 5.88 Å². The molecule has 1 aliphatic rings. The number of alkyl halides is 3. The van der Waals surface area contributed by atoms with E-state index in [1.54, 1.807) is 6.07 Å². The van der Waals surface area contributed by atoms with Crippen LogP contribution in [-0.2, 0) is 12.8 Å². The number of aromatic carboxylic acids is 1. The fourth-order valence-corrected chi connectivity index (χ4v) is 3.97. The van der Waals surface area contributed by atoms with E-state index < -0.39 is 17.7 Å². The van der Waals surface area contributed by atoms with E-state index in [-0.39, 0.29) is 29.3 Å². The maximum atomic E-state index is 13.5. The van der Waals surface area contributed by atoms with E-state index >= 15 is 0 Å². The molecule has 33 heavy (non-hydrogen) atoms. The molecule has 3 aromatic rings. The third kappa shape index (κ3) is 5.00. The Hall–Kier alpha value is -3.81. The molecular weight excluding hydrogens is 433 g/mol. The number of anilines is 1. The molecule has 170 valence electrons. The summed E-state index contributed by atoms with van der Waals surface area (Å²) in [6.07, 6.45) is -2.01. The van der Waals surface area contributed by atoms with Crippen molar-refractivity contribution in [1.82, 2.24) is 4.98 Å². The Morgan fingerprint density at radius 3 is 2.48 bits per heavy atom. The predicted octanol–water partition coefficient (Wildman–Crippen LogP) is 6.05. The van der Waals surface area contributed by atoms with Gasteiger partial charge in [-0.15, -0.1) is 0 Å². The number of carboxylic acid groups (broad SMARTS) is 1. The molecule has 5 nitrogen and oxygen atoms in total. The van der Waals surface area contributed by atoms with Gasteiger partial charge in [-0.3, -0.25) is 0 Å². The number of hydrogen-bond acceptors (Lipinski definition) is 4. The Bertz CT molecular complexity index is 1220. The van der Waals surface area contributed by atoms with Crippen molar-refractivity contribution in [2.75, 3.05) is 5.73 Å². The number of aromatic nitrogens is 1. The summed E-state index contributed by atoms with van der Waals surface area (Å²) in [5.74, 6) is -1.03. The van der Waals surface area contributed by atoms with Crippen molar-refractivity contribution in [2.45, 2.75) is 32.0 Å². The second-order valence-corrected chi connectivity index (χ2v) is 7.81. The van der Waals surface area contributed by atoms with Crippen LogP contribution in [-0.4, -0.2) is 16.1 Å². The zero-order valence-corrected chi connectivity index (χ0v) is 17.5. The van der Waals surface area contributed by atoms with Gasteiger partial charge in [-0.25, -0.2) is 9.78 Å². The van der Waals surface area contributed by atoms with Crippen molar-refractivity contribution in [2.24, 2.45) is 0 Å². The van der Waals surface area contributed by atoms with Crippen molar-refractivity contribution in [3.8, 4) is 5.88 Å². The highest BCUT2D eigenvalue weighted by Gasteiger charge is 2.33. The Labute approximate surface area is 188 Å². The van der Waals surface area contributed by atoms with Crippen LogP contribution in [0.2, 0.25) is 0 Å². The van der Waals surface area contributed by atoms with E-state index in [1.807, 2.05) is 30.3 Å². The van der Waals surface area contributed by atoms with Crippen LogP contribution in [0.1, 0.15) is 51.9 Å². The maximum absolute atomic E-state index is 13.5. The molecular formula is C25H21F3N2O3. The summed E-state index contributed by atoms with van der Waals surface area (Å²) in [6, 6.07) is 14.8. The molecule has 0 radical (unpaired) electrons. The number of halogens is 3. The molecule has 3 N–H and O–H groups in total. The van der Waals surface area contributed by atoms with E-state index in [0.717, 1.165) is 23.4 Å². The topological polar surface area (TPSA) is 85.4 Å². The van der Waals surface area contributed by atoms with Crippen LogP contribution in [0.3, 0.4) is 0 Å². The first kappa shape index (κ1) is 22.4. The normalized spacial score (nSPS) is 13.9. The quantitative estimate of drug-likeness (QED) is 0.443. The van der Waals surface area contributed by atoms with Gasteiger partial charge in [0.1, 0.15) is 6.61 Å². The van der Waals surface area contributed by atoms with Crippen LogP contribution in [0.25, 0.3) is 11.1 Å². The molecule has 0 amide bonds. The molecule has 1 aliphatic carbocycles. The summed E-state index contributed by atoms with van der Waals surface area (Å²) in [5, 5.41) is 9.38. The number of carbonyl (C=O) groups is 1. The van der Waals surface area contributed by atoms with Gasteiger partial charge in [0.25, 0.3) is 0 Å². The number of hydrogen-bond donors (Lipinski definition) is 2. The highest BCUT2D eigenvalue weighted by molar-refractivity contribution is 5.97. The fraction of sp³-hybridized carbons (Fsp3) is 0.200. The maximum Gasteiger partial charge on any atom is 0.417 e. The molecule has 0 aliphatic heterocycles. The third-order valence-corrected chi connectivity index (χ3v) is 5.49. The summed E-state index contributed by atoms with van der Waals surface area (Å²) < 4.78 is 46.3. The van der Waals surface area contributed by atoms with Crippen molar-refractivity contribution in [3.05, 3.63) is 88.6 Å². The molecule has 8 heteroatoms. The Kier molecular flexibility index (Phi) is 6.09. The minimum absolute atomic E-state index is 0.0199. The van der Waals surface area contributed by atoms with E-state index in [2.05, 4.69) is 4.98 Å². The number of benzene rings is 2. The largest absolute Gasteiger partial charge is 0.478 e. The summed E-state index contributed by atoms with van der Waals surface area (Å²) in [5.41, 5.74) is 8.40. The van der Waals surface area contributed by atoms with Crippen molar-refractivity contribution >= 4 is 22.8 Å². The number of nitrogen functional groups attached to an aromatic ring is 1. The molecule has 0 saturated carbocycles. The van der Waals surface area contributed by atoms with Crippen molar-refractivity contribution < 1.29 is 27.8 Å². The molecule has 1 aromatic heterocycles. The first-order valence-electron chi connectivity index (χ1n) is 10.3. The number of allylic oxidation sites excluding steroid dienone is 2. The summed E-state index contributed by atoms with van der Waals surface area (Å²) in [6.45, 7) is 0.149. The highest BCUT2D eigenvalue weighted by Crippen LogP contribution is 2.44. The molecule has 0 bridgehead atoms. The van der Waals surface area contributed by atoms with Crippen LogP contribution < -0.4 is 10.5 Å². The highest BCUT2D eigenvalue weighted by atomic mass is 19.4. The molecule has 1 heterocycles. The van der Waals surface area contributed by atoms with Gasteiger partial charge in [-0.2, -0.15) is 13.2 Å². The second kappa shape index (κ2) is 8.97. The van der Waals surface area contributed by atoms with E-state index in [1.165, 1.54) is 12.1 Å². The Morgan fingerprint density at radius 1 is 1.06 bits per heavy atom. The lowest BCUT2D eigenvalue weighted by molar-refractivity contribution is -0.137. The second-order valence-electron chi connectivity index (χ2n) is 7.81. The zero-order chi connectivity index (χ0) is 23.6. The summed E-state index contributed by atoms with van der Waals surface area (Å²) in [4.78, 5) is 15.5. The average molecular weight is 454 g/mol. The number of carboxylic acids is 1. The van der Waals surface area contributed by atoms with Gasteiger partial charge in [0, 0.05) is 17.4 Å². The van der Waals surface area contributed by atoms with Gasteiger partial charge in [0.05, 0.1) is 11.1 Å². The van der Waals surface area contributed by atoms with Gasteiger partial charge in [0.2, 0.25) is 5.88 Å². The van der Waals surface area contributed by atoms with Gasteiger partial charge in [-0.05, 0) is 65.8 Å². The molecule has 0 atom stereocenters. The average Bonchev–Trinajstić information content (AvgIpc) is 3.27. The molecule has 2 aromatic carbocycles. The fourth-order valence-electron chi connectivity index (χ4n) is 3.97. The first-order chi connectivity index (χ1) is 15.7. The molecule has 0 unspecified atom stereocenters.